The summed E-state index contributed by atoms with van der Waals surface area (Å²) in [5.41, 5.74) is 0.935. The van der Waals surface area contributed by atoms with E-state index >= 15 is 0 Å². The van der Waals surface area contributed by atoms with Crippen molar-refractivity contribution in [2.75, 3.05) is 33.0 Å². The van der Waals surface area contributed by atoms with Crippen LogP contribution in [0, 0.1) is 5.92 Å². The largest absolute Gasteiger partial charge is 0.349 e. The number of hydrogen-bond acceptors (Lipinski definition) is 9. The first-order valence-electron chi connectivity index (χ1n) is 11.9. The summed E-state index contributed by atoms with van der Waals surface area (Å²) in [4.78, 5) is 60.2. The van der Waals surface area contributed by atoms with E-state index in [9.17, 15) is 19.2 Å². The first-order valence-corrected chi connectivity index (χ1v) is 13.1. The molecular weight excluding hydrogens is 555 g/mol. The van der Waals surface area contributed by atoms with Gasteiger partial charge in [0.05, 0.1) is 11.7 Å². The Hall–Kier alpha value is -2.87. The van der Waals surface area contributed by atoms with Gasteiger partial charge >= 0.3 is 11.8 Å². The zero-order chi connectivity index (χ0) is 26.7. The molecule has 1 saturated carbocycles. The van der Waals surface area contributed by atoms with E-state index in [1.807, 2.05) is 7.05 Å². The number of nitrogens with zero attached hydrogens (tertiary/aromatic N) is 5. The summed E-state index contributed by atoms with van der Waals surface area (Å²) in [6.07, 6.45) is 2.03. The molecule has 0 bridgehead atoms. The lowest BCUT2D eigenvalue weighted by Gasteiger charge is -2.37. The maximum absolute atomic E-state index is 13.2. The molecule has 3 atom stereocenters. The van der Waals surface area contributed by atoms with Crippen LogP contribution in [0.3, 0.4) is 0 Å². The van der Waals surface area contributed by atoms with E-state index in [0.29, 0.717) is 24.3 Å². The molecule has 38 heavy (non-hydrogen) atoms. The Bertz CT molecular complexity index is 1190. The predicted octanol–water partition coefficient (Wildman–Crippen LogP) is 1.11. The van der Waals surface area contributed by atoms with Crippen LogP contribution in [0.25, 0.3) is 0 Å². The molecule has 2 aromatic heterocycles. The molecular formula is C23H30Cl2N8O4S. The van der Waals surface area contributed by atoms with Crippen LogP contribution in [0.2, 0.25) is 5.15 Å². The standard InChI is InChI=1S/C23H29ClN8O4S.ClH/c1-31(2)23(36)12-4-5-13(25-19(33)20(34)28-18-7-6-17(24)29-30-18)15(10-12)26-21(35)22-27-14-8-9-32(3)11-16(14)37-22;/h6-7,12-13,15H,4-5,8-11H2,1-3H3,(H,25,33)(H,26,35)(H,28,30,34);1H/t12-,13-,15+;/m0./s1. The van der Waals surface area contributed by atoms with Gasteiger partial charge in [0, 0.05) is 50.4 Å². The molecule has 0 saturated heterocycles. The highest BCUT2D eigenvalue weighted by Crippen LogP contribution is 2.28. The molecule has 1 aliphatic heterocycles. The molecule has 12 nitrogen and oxygen atoms in total. The van der Waals surface area contributed by atoms with Gasteiger partial charge in [-0.05, 0) is 38.4 Å². The van der Waals surface area contributed by atoms with E-state index in [1.54, 1.807) is 14.1 Å². The summed E-state index contributed by atoms with van der Waals surface area (Å²) < 4.78 is 0. The average Bonchev–Trinajstić information content (AvgIpc) is 3.29. The van der Waals surface area contributed by atoms with Crippen LogP contribution in [0.15, 0.2) is 12.1 Å². The van der Waals surface area contributed by atoms with Gasteiger partial charge in [-0.3, -0.25) is 19.2 Å². The maximum Gasteiger partial charge on any atom is 0.314 e. The van der Waals surface area contributed by atoms with Crippen molar-refractivity contribution in [1.82, 2.24) is 35.6 Å². The summed E-state index contributed by atoms with van der Waals surface area (Å²) in [7, 11) is 5.39. The van der Waals surface area contributed by atoms with Crippen LogP contribution in [0.5, 0.6) is 0 Å². The van der Waals surface area contributed by atoms with Gasteiger partial charge in [-0.2, -0.15) is 0 Å². The van der Waals surface area contributed by atoms with Gasteiger partial charge in [0.2, 0.25) is 5.91 Å². The number of likely N-dealkylation sites (N-methyl/N-ethyl adjacent to an activating group) is 1. The minimum absolute atomic E-state index is 0. The van der Waals surface area contributed by atoms with E-state index in [1.165, 1.54) is 28.4 Å². The topological polar surface area (TPSA) is 150 Å². The number of fused-ring (bicyclic) bond motifs is 1. The van der Waals surface area contributed by atoms with Crippen LogP contribution in [0.1, 0.15) is 39.6 Å². The van der Waals surface area contributed by atoms with Gasteiger partial charge in [0.1, 0.15) is 0 Å². The Morgan fingerprint density at radius 2 is 1.84 bits per heavy atom. The molecule has 0 aromatic carbocycles. The highest BCUT2D eigenvalue weighted by molar-refractivity contribution is 7.13. The van der Waals surface area contributed by atoms with Crippen LogP contribution in [-0.2, 0) is 27.3 Å². The summed E-state index contributed by atoms with van der Waals surface area (Å²) in [5, 5.41) is 15.9. The Kier molecular flexibility index (Phi) is 9.99. The highest BCUT2D eigenvalue weighted by atomic mass is 35.5. The monoisotopic (exact) mass is 584 g/mol. The molecule has 0 spiro atoms. The molecule has 4 amide bonds. The number of carbonyl (C=O) groups is 4. The Balaban J connectivity index is 0.00000400. The van der Waals surface area contributed by atoms with E-state index in [2.05, 4.69) is 36.0 Å². The van der Waals surface area contributed by atoms with Crippen LogP contribution in [0.4, 0.5) is 5.82 Å². The zero-order valence-electron chi connectivity index (χ0n) is 21.2. The van der Waals surface area contributed by atoms with Crippen molar-refractivity contribution in [1.29, 1.82) is 0 Å². The Labute approximate surface area is 235 Å². The molecule has 0 radical (unpaired) electrons. The van der Waals surface area contributed by atoms with Gasteiger partial charge in [0.25, 0.3) is 5.91 Å². The number of nitrogens with one attached hydrogen (secondary N) is 3. The van der Waals surface area contributed by atoms with Crippen LogP contribution < -0.4 is 16.0 Å². The second kappa shape index (κ2) is 12.8. The van der Waals surface area contributed by atoms with E-state index in [0.717, 1.165) is 30.1 Å². The fourth-order valence-corrected chi connectivity index (χ4v) is 5.72. The molecule has 0 unspecified atom stereocenters. The SMILES string of the molecule is CN1CCc2nc(C(=O)N[C@@H]3C[C@@H](C(=O)N(C)C)CC[C@@H]3NC(=O)C(=O)Nc3ccc(Cl)nn3)sc2C1.Cl. The molecule has 3 heterocycles. The van der Waals surface area contributed by atoms with Crippen molar-refractivity contribution >= 4 is 64.8 Å². The lowest BCUT2D eigenvalue weighted by atomic mass is 9.81. The number of carbonyl (C=O) groups excluding carboxylic acids is 4. The van der Waals surface area contributed by atoms with Crippen LogP contribution in [-0.4, -0.2) is 88.4 Å². The summed E-state index contributed by atoms with van der Waals surface area (Å²) >= 11 is 7.05. The number of anilines is 1. The molecule has 4 rings (SSSR count). The van der Waals surface area contributed by atoms with Gasteiger partial charge in [0.15, 0.2) is 16.0 Å². The van der Waals surface area contributed by atoms with Crippen molar-refractivity contribution in [3.05, 3.63) is 32.9 Å². The second-order valence-corrected chi connectivity index (χ2v) is 10.9. The third-order valence-electron chi connectivity index (χ3n) is 6.47. The average molecular weight is 586 g/mol. The van der Waals surface area contributed by atoms with Crippen molar-refractivity contribution in [2.24, 2.45) is 5.92 Å². The number of aromatic nitrogens is 3. The van der Waals surface area contributed by atoms with Gasteiger partial charge in [-0.15, -0.1) is 33.9 Å². The molecule has 1 fully saturated rings. The van der Waals surface area contributed by atoms with E-state index < -0.39 is 23.9 Å². The van der Waals surface area contributed by atoms with E-state index in [-0.39, 0.29) is 41.1 Å². The minimum Gasteiger partial charge on any atom is -0.349 e. The number of rotatable bonds is 5. The van der Waals surface area contributed by atoms with Crippen molar-refractivity contribution in [2.45, 2.75) is 44.3 Å². The number of halogens is 2. The zero-order valence-corrected chi connectivity index (χ0v) is 23.6. The first kappa shape index (κ1) is 29.7. The van der Waals surface area contributed by atoms with Crippen molar-refractivity contribution in [3.8, 4) is 0 Å². The van der Waals surface area contributed by atoms with Gasteiger partial charge in [-0.1, -0.05) is 11.6 Å². The lowest BCUT2D eigenvalue weighted by molar-refractivity contribution is -0.137. The molecule has 2 aromatic rings. The summed E-state index contributed by atoms with van der Waals surface area (Å²) in [5.74, 6) is -2.45. The Morgan fingerprint density at radius 3 is 2.53 bits per heavy atom. The maximum atomic E-state index is 13.2. The minimum atomic E-state index is -0.926. The van der Waals surface area contributed by atoms with Crippen molar-refractivity contribution in [3.63, 3.8) is 0 Å². The van der Waals surface area contributed by atoms with Gasteiger partial charge in [-0.25, -0.2) is 4.98 Å². The molecule has 1 aliphatic carbocycles. The predicted molar refractivity (Wildman–Crippen MR) is 144 cm³/mol. The number of hydrogen-bond donors (Lipinski definition) is 3. The number of amides is 4. The molecule has 206 valence electrons. The lowest BCUT2D eigenvalue weighted by Crippen LogP contribution is -2.57. The first-order chi connectivity index (χ1) is 17.6. The summed E-state index contributed by atoms with van der Waals surface area (Å²) in [6.45, 7) is 1.63. The number of thiazole rings is 1. The fourth-order valence-electron chi connectivity index (χ4n) is 4.53. The quantitative estimate of drug-likeness (QED) is 0.442. The van der Waals surface area contributed by atoms with E-state index in [4.69, 9.17) is 11.6 Å². The van der Waals surface area contributed by atoms with Crippen molar-refractivity contribution < 1.29 is 19.2 Å². The third-order valence-corrected chi connectivity index (χ3v) is 7.75. The fraction of sp³-hybridized carbons (Fsp3) is 0.522. The molecule has 2 aliphatic rings. The Morgan fingerprint density at radius 1 is 1.08 bits per heavy atom. The van der Waals surface area contributed by atoms with Gasteiger partial charge < -0.3 is 25.8 Å². The normalized spacial score (nSPS) is 20.9. The highest BCUT2D eigenvalue weighted by Gasteiger charge is 2.37. The molecule has 15 heteroatoms. The second-order valence-electron chi connectivity index (χ2n) is 9.47. The summed E-state index contributed by atoms with van der Waals surface area (Å²) in [6, 6.07) is 1.74. The van der Waals surface area contributed by atoms with Crippen LogP contribution >= 0.6 is 35.3 Å². The molecule has 3 N–H and O–H groups in total. The third kappa shape index (κ3) is 7.16. The smallest absolute Gasteiger partial charge is 0.314 e.